The van der Waals surface area contributed by atoms with Gasteiger partial charge in [-0.2, -0.15) is 0 Å². The van der Waals surface area contributed by atoms with Crippen molar-refractivity contribution < 1.29 is 9.90 Å². The Balaban J connectivity index is 1.68. The van der Waals surface area contributed by atoms with Crippen LogP contribution in [0.4, 0.5) is 5.69 Å². The molecule has 0 atom stereocenters. The third-order valence-electron chi connectivity index (χ3n) is 3.27. The minimum Gasteiger partial charge on any atom is -0.392 e. The minimum absolute atomic E-state index is 0.0274. The number of benzene rings is 1. The van der Waals surface area contributed by atoms with Crippen LogP contribution in [-0.4, -0.2) is 31.0 Å². The maximum absolute atomic E-state index is 12.1. The number of nitrogens with one attached hydrogen (secondary N) is 1. The van der Waals surface area contributed by atoms with E-state index in [0.29, 0.717) is 16.9 Å². The summed E-state index contributed by atoms with van der Waals surface area (Å²) < 4.78 is 1.46. The van der Waals surface area contributed by atoms with Gasteiger partial charge in [0.25, 0.3) is 0 Å². The topological polar surface area (TPSA) is 92.9 Å². The molecule has 0 aliphatic heterocycles. The molecule has 2 aromatic heterocycles. The van der Waals surface area contributed by atoms with Gasteiger partial charge >= 0.3 is 0 Å². The van der Waals surface area contributed by atoms with Crippen LogP contribution < -0.4 is 5.32 Å². The van der Waals surface area contributed by atoms with E-state index in [2.05, 4.69) is 20.6 Å². The molecule has 0 saturated heterocycles. The van der Waals surface area contributed by atoms with Crippen LogP contribution in [0.3, 0.4) is 0 Å². The fourth-order valence-corrected chi connectivity index (χ4v) is 2.13. The number of anilines is 1. The second-order valence-electron chi connectivity index (χ2n) is 4.91. The van der Waals surface area contributed by atoms with Crippen molar-refractivity contribution >= 4 is 11.6 Å². The number of rotatable bonds is 5. The van der Waals surface area contributed by atoms with E-state index in [9.17, 15) is 9.90 Å². The summed E-state index contributed by atoms with van der Waals surface area (Å²) in [5, 5.41) is 20.0. The number of aromatic nitrogens is 4. The number of hydrogen-bond acceptors (Lipinski definition) is 5. The molecule has 0 aliphatic carbocycles. The van der Waals surface area contributed by atoms with Gasteiger partial charge in [-0.05, 0) is 6.07 Å². The largest absolute Gasteiger partial charge is 0.392 e. The molecule has 0 radical (unpaired) electrons. The van der Waals surface area contributed by atoms with Gasteiger partial charge in [-0.15, -0.1) is 5.10 Å². The van der Waals surface area contributed by atoms with E-state index in [1.165, 1.54) is 10.9 Å². The van der Waals surface area contributed by atoms with Crippen LogP contribution in [-0.2, 0) is 17.9 Å². The molecule has 0 saturated carbocycles. The first-order chi connectivity index (χ1) is 11.3. The number of pyridine rings is 1. The first kappa shape index (κ1) is 14.9. The smallest absolute Gasteiger partial charge is 0.246 e. The monoisotopic (exact) mass is 309 g/mol. The molecule has 3 aromatic rings. The molecule has 2 N–H and O–H groups in total. The molecule has 0 fully saturated rings. The summed E-state index contributed by atoms with van der Waals surface area (Å²) in [5.41, 5.74) is 2.74. The summed E-state index contributed by atoms with van der Waals surface area (Å²) in [5.74, 6) is -0.266. The Morgan fingerprint density at radius 3 is 2.83 bits per heavy atom. The van der Waals surface area contributed by atoms with Crippen LogP contribution in [0, 0.1) is 0 Å². The molecular formula is C16H15N5O2. The number of aliphatic hydroxyl groups is 1. The fraction of sp³-hybridized carbons (Fsp3) is 0.125. The van der Waals surface area contributed by atoms with E-state index in [1.54, 1.807) is 18.5 Å². The molecule has 3 rings (SSSR count). The van der Waals surface area contributed by atoms with Crippen LogP contribution >= 0.6 is 0 Å². The molecule has 2 heterocycles. The molecule has 116 valence electrons. The van der Waals surface area contributed by atoms with Gasteiger partial charge in [-0.25, -0.2) is 4.68 Å². The standard InChI is InChI=1S/C16H15N5O2/c22-11-13-6-7-17-8-14(13)18-16(23)10-21-9-15(19-20-21)12-4-2-1-3-5-12/h1-9,22H,10-11H2,(H,18,23). The summed E-state index contributed by atoms with van der Waals surface area (Å²) in [6.07, 6.45) is 4.77. The van der Waals surface area contributed by atoms with Crippen molar-refractivity contribution in [3.05, 3.63) is 60.6 Å². The van der Waals surface area contributed by atoms with Crippen molar-refractivity contribution in [2.24, 2.45) is 0 Å². The van der Waals surface area contributed by atoms with Crippen LogP contribution in [0.15, 0.2) is 55.0 Å². The van der Waals surface area contributed by atoms with Crippen LogP contribution in [0.25, 0.3) is 11.3 Å². The van der Waals surface area contributed by atoms with Gasteiger partial charge in [0, 0.05) is 17.3 Å². The van der Waals surface area contributed by atoms with Crippen LogP contribution in [0.1, 0.15) is 5.56 Å². The molecule has 0 bridgehead atoms. The third kappa shape index (κ3) is 3.58. The Bertz CT molecular complexity index is 801. The van der Waals surface area contributed by atoms with Crippen molar-refractivity contribution in [2.75, 3.05) is 5.32 Å². The van der Waals surface area contributed by atoms with E-state index in [0.717, 1.165) is 5.56 Å². The van der Waals surface area contributed by atoms with Gasteiger partial charge in [0.15, 0.2) is 0 Å². The Hall–Kier alpha value is -3.06. The number of amides is 1. The van der Waals surface area contributed by atoms with Gasteiger partial charge in [0.1, 0.15) is 12.2 Å². The summed E-state index contributed by atoms with van der Waals surface area (Å²) >= 11 is 0. The van der Waals surface area contributed by atoms with Crippen LogP contribution in [0.2, 0.25) is 0 Å². The highest BCUT2D eigenvalue weighted by molar-refractivity contribution is 5.91. The van der Waals surface area contributed by atoms with E-state index < -0.39 is 0 Å². The van der Waals surface area contributed by atoms with Crippen molar-refractivity contribution in [3.8, 4) is 11.3 Å². The highest BCUT2D eigenvalue weighted by Gasteiger charge is 2.09. The summed E-state index contributed by atoms with van der Waals surface area (Å²) in [6.45, 7) is -0.140. The van der Waals surface area contributed by atoms with Crippen LogP contribution in [0.5, 0.6) is 0 Å². The predicted octanol–water partition coefficient (Wildman–Crippen LogP) is 1.47. The van der Waals surface area contributed by atoms with Crippen molar-refractivity contribution in [3.63, 3.8) is 0 Å². The Morgan fingerprint density at radius 2 is 2.04 bits per heavy atom. The first-order valence-corrected chi connectivity index (χ1v) is 7.05. The van der Waals surface area contributed by atoms with Crippen molar-refractivity contribution in [1.29, 1.82) is 0 Å². The average molecular weight is 309 g/mol. The summed E-state index contributed by atoms with van der Waals surface area (Å²) in [7, 11) is 0. The molecule has 23 heavy (non-hydrogen) atoms. The maximum Gasteiger partial charge on any atom is 0.246 e. The number of nitrogens with zero attached hydrogens (tertiary/aromatic N) is 4. The van der Waals surface area contributed by atoms with Crippen molar-refractivity contribution in [2.45, 2.75) is 13.2 Å². The first-order valence-electron chi connectivity index (χ1n) is 7.05. The predicted molar refractivity (Wildman–Crippen MR) is 84.2 cm³/mol. The zero-order chi connectivity index (χ0) is 16.1. The molecule has 7 heteroatoms. The lowest BCUT2D eigenvalue weighted by atomic mass is 10.2. The number of carbonyl (C=O) groups excluding carboxylic acids is 1. The Labute approximate surface area is 132 Å². The van der Waals surface area contributed by atoms with E-state index in [-0.39, 0.29) is 19.1 Å². The highest BCUT2D eigenvalue weighted by Crippen LogP contribution is 2.15. The second kappa shape index (κ2) is 6.80. The lowest BCUT2D eigenvalue weighted by Gasteiger charge is -2.08. The SMILES string of the molecule is O=C(Cn1cc(-c2ccccc2)nn1)Nc1cnccc1CO. The van der Waals surface area contributed by atoms with E-state index in [4.69, 9.17) is 0 Å². The molecule has 0 spiro atoms. The normalized spacial score (nSPS) is 10.5. The maximum atomic E-state index is 12.1. The zero-order valence-corrected chi connectivity index (χ0v) is 12.3. The molecule has 1 amide bonds. The Kier molecular flexibility index (Phi) is 4.39. The lowest BCUT2D eigenvalue weighted by Crippen LogP contribution is -2.20. The number of hydrogen-bond donors (Lipinski definition) is 2. The molecule has 7 nitrogen and oxygen atoms in total. The third-order valence-corrected chi connectivity index (χ3v) is 3.27. The molecule has 0 unspecified atom stereocenters. The minimum atomic E-state index is -0.266. The van der Waals surface area contributed by atoms with E-state index in [1.807, 2.05) is 30.3 Å². The number of carbonyl (C=O) groups is 1. The quantitative estimate of drug-likeness (QED) is 0.744. The average Bonchev–Trinajstić information content (AvgIpc) is 3.04. The lowest BCUT2D eigenvalue weighted by molar-refractivity contribution is -0.116. The number of aliphatic hydroxyl groups excluding tert-OH is 1. The molecule has 1 aromatic carbocycles. The zero-order valence-electron chi connectivity index (χ0n) is 12.3. The van der Waals surface area contributed by atoms with Gasteiger partial charge in [-0.1, -0.05) is 35.5 Å². The highest BCUT2D eigenvalue weighted by atomic mass is 16.3. The second-order valence-corrected chi connectivity index (χ2v) is 4.91. The summed E-state index contributed by atoms with van der Waals surface area (Å²) in [4.78, 5) is 16.0. The van der Waals surface area contributed by atoms with Gasteiger partial charge in [-0.3, -0.25) is 9.78 Å². The molecule has 0 aliphatic rings. The van der Waals surface area contributed by atoms with Gasteiger partial charge < -0.3 is 10.4 Å². The van der Waals surface area contributed by atoms with E-state index >= 15 is 0 Å². The van der Waals surface area contributed by atoms with Gasteiger partial charge in [0.05, 0.1) is 24.7 Å². The Morgan fingerprint density at radius 1 is 1.22 bits per heavy atom. The molecular weight excluding hydrogens is 294 g/mol. The fourth-order valence-electron chi connectivity index (χ4n) is 2.13. The van der Waals surface area contributed by atoms with Crippen molar-refractivity contribution in [1.82, 2.24) is 20.0 Å². The summed E-state index contributed by atoms with van der Waals surface area (Å²) in [6, 6.07) is 11.3. The van der Waals surface area contributed by atoms with Gasteiger partial charge in [0.2, 0.25) is 5.91 Å².